The molecule has 3 amide bonds. The minimum absolute atomic E-state index is 0.00844. The van der Waals surface area contributed by atoms with E-state index in [0.29, 0.717) is 19.4 Å². The van der Waals surface area contributed by atoms with Crippen molar-refractivity contribution in [2.24, 2.45) is 13.0 Å². The maximum atomic E-state index is 14.4. The first-order valence-electron chi connectivity index (χ1n) is 15.0. The summed E-state index contributed by atoms with van der Waals surface area (Å²) in [6.07, 6.45) is 7.99. The van der Waals surface area contributed by atoms with Crippen molar-refractivity contribution in [2.75, 3.05) is 32.7 Å². The largest absolute Gasteiger partial charge is 0.465 e. The van der Waals surface area contributed by atoms with Crippen LogP contribution in [0.5, 0.6) is 0 Å². The molecule has 1 aliphatic carbocycles. The van der Waals surface area contributed by atoms with Crippen molar-refractivity contribution < 1.29 is 27.9 Å². The van der Waals surface area contributed by atoms with Crippen LogP contribution < -0.4 is 10.6 Å². The Bertz CT molecular complexity index is 1370. The molecule has 0 radical (unpaired) electrons. The normalized spacial score (nSPS) is 21.9. The van der Waals surface area contributed by atoms with Crippen molar-refractivity contribution in [1.82, 2.24) is 34.3 Å². The fraction of sp³-hybridized carbons (Fsp3) is 0.643. The molecule has 2 aromatic rings. The quantitative estimate of drug-likeness (QED) is 0.376. The van der Waals surface area contributed by atoms with Crippen LogP contribution in [-0.2, 0) is 33.2 Å². The number of imidazole rings is 1. The molecule has 0 aromatic carbocycles. The highest BCUT2D eigenvalue weighted by Gasteiger charge is 2.43. The second-order valence-corrected chi connectivity index (χ2v) is 14.6. The first-order valence-corrected chi connectivity index (χ1v) is 17.3. The van der Waals surface area contributed by atoms with E-state index in [-0.39, 0.29) is 61.5 Å². The zero-order chi connectivity index (χ0) is 30.6. The van der Waals surface area contributed by atoms with Gasteiger partial charge >= 0.3 is 6.09 Å². The van der Waals surface area contributed by atoms with Gasteiger partial charge in [0, 0.05) is 50.3 Å². The van der Waals surface area contributed by atoms with Crippen molar-refractivity contribution in [3.05, 3.63) is 34.9 Å². The molecule has 2 saturated heterocycles. The average molecular weight is 636 g/mol. The fourth-order valence-corrected chi connectivity index (χ4v) is 8.45. The van der Waals surface area contributed by atoms with Crippen LogP contribution in [0, 0.1) is 5.92 Å². The van der Waals surface area contributed by atoms with Gasteiger partial charge in [-0.05, 0) is 43.0 Å². The van der Waals surface area contributed by atoms with Gasteiger partial charge in [-0.3, -0.25) is 9.59 Å². The van der Waals surface area contributed by atoms with Gasteiger partial charge in [0.2, 0.25) is 11.8 Å². The van der Waals surface area contributed by atoms with Crippen molar-refractivity contribution in [1.29, 1.82) is 0 Å². The highest BCUT2D eigenvalue weighted by Crippen LogP contribution is 2.29. The van der Waals surface area contributed by atoms with Crippen LogP contribution in [-0.4, -0.2) is 106 Å². The number of aryl methyl sites for hydroxylation is 1. The number of thiophene rings is 1. The number of hydrogen-bond donors (Lipinski definition) is 3. The summed E-state index contributed by atoms with van der Waals surface area (Å²) in [4.78, 5) is 47.4. The number of aromatic nitrogens is 2. The van der Waals surface area contributed by atoms with Gasteiger partial charge in [-0.2, -0.15) is 4.31 Å². The maximum Gasteiger partial charge on any atom is 0.407 e. The van der Waals surface area contributed by atoms with Gasteiger partial charge in [0.1, 0.15) is 6.04 Å². The van der Waals surface area contributed by atoms with Crippen LogP contribution in [0.4, 0.5) is 4.79 Å². The molecule has 0 spiro atoms. The van der Waals surface area contributed by atoms with Gasteiger partial charge in [-0.15, -0.1) is 11.3 Å². The molecule has 1 unspecified atom stereocenters. The molecule has 5 rings (SSSR count). The third-order valence-electron chi connectivity index (χ3n) is 8.80. The summed E-state index contributed by atoms with van der Waals surface area (Å²) in [7, 11) is -2.03. The summed E-state index contributed by atoms with van der Waals surface area (Å²) in [6, 6.07) is 2.39. The molecule has 2 atom stereocenters. The van der Waals surface area contributed by atoms with Gasteiger partial charge in [0.05, 0.1) is 25.5 Å². The van der Waals surface area contributed by atoms with E-state index < -0.39 is 28.2 Å². The lowest BCUT2D eigenvalue weighted by molar-refractivity contribution is -0.146. The molecule has 43 heavy (non-hydrogen) atoms. The van der Waals surface area contributed by atoms with E-state index >= 15 is 0 Å². The second-order valence-electron chi connectivity index (χ2n) is 11.7. The van der Waals surface area contributed by atoms with Crippen molar-refractivity contribution in [2.45, 2.75) is 74.6 Å². The minimum Gasteiger partial charge on any atom is -0.465 e. The van der Waals surface area contributed by atoms with Gasteiger partial charge in [-0.1, -0.05) is 25.3 Å². The van der Waals surface area contributed by atoms with Gasteiger partial charge < -0.3 is 30.1 Å². The van der Waals surface area contributed by atoms with E-state index in [1.807, 2.05) is 17.5 Å². The van der Waals surface area contributed by atoms with Gasteiger partial charge in [0.15, 0.2) is 5.03 Å². The van der Waals surface area contributed by atoms with Crippen LogP contribution in [0.1, 0.15) is 49.8 Å². The lowest BCUT2D eigenvalue weighted by Gasteiger charge is -2.44. The molecule has 3 fully saturated rings. The lowest BCUT2D eigenvalue weighted by atomic mass is 9.86. The van der Waals surface area contributed by atoms with Crippen molar-refractivity contribution in [3.63, 3.8) is 0 Å². The van der Waals surface area contributed by atoms with Crippen molar-refractivity contribution in [3.8, 4) is 0 Å². The molecule has 2 aliphatic heterocycles. The third kappa shape index (κ3) is 7.39. The van der Waals surface area contributed by atoms with Gasteiger partial charge in [-0.25, -0.2) is 18.2 Å². The number of sulfonamides is 1. The smallest absolute Gasteiger partial charge is 0.407 e. The number of hydrogen-bond acceptors (Lipinski definition) is 8. The number of nitrogens with zero attached hydrogens (tertiary/aromatic N) is 5. The number of nitrogens with one attached hydrogen (secondary N) is 2. The number of carbonyl (C=O) groups excluding carboxylic acids is 2. The predicted molar refractivity (Wildman–Crippen MR) is 160 cm³/mol. The number of piperidine rings is 1. The Morgan fingerprint density at radius 3 is 2.47 bits per heavy atom. The van der Waals surface area contributed by atoms with E-state index in [4.69, 9.17) is 0 Å². The summed E-state index contributed by atoms with van der Waals surface area (Å²) in [5.41, 5.74) is 0. The first kappa shape index (κ1) is 31.4. The Kier molecular flexibility index (Phi) is 10.0. The third-order valence-corrected chi connectivity index (χ3v) is 11.5. The number of carboxylic acid groups (broad SMARTS) is 1. The predicted octanol–water partition coefficient (Wildman–Crippen LogP) is 1.68. The number of carbonyl (C=O) groups is 3. The fourth-order valence-electron chi connectivity index (χ4n) is 6.36. The Morgan fingerprint density at radius 1 is 1.09 bits per heavy atom. The zero-order valence-electron chi connectivity index (χ0n) is 24.4. The van der Waals surface area contributed by atoms with E-state index in [2.05, 4.69) is 15.6 Å². The van der Waals surface area contributed by atoms with Crippen LogP contribution in [0.25, 0.3) is 0 Å². The molecule has 13 nitrogen and oxygen atoms in total. The molecule has 4 heterocycles. The Balaban J connectivity index is 1.33. The van der Waals surface area contributed by atoms with Crippen LogP contribution in [0.2, 0.25) is 0 Å². The second kappa shape index (κ2) is 13.7. The summed E-state index contributed by atoms with van der Waals surface area (Å²) in [5.74, 6) is -0.754. The number of amides is 3. The average Bonchev–Trinajstić information content (AvgIpc) is 3.71. The van der Waals surface area contributed by atoms with E-state index in [1.165, 1.54) is 33.1 Å². The molecular weight excluding hydrogens is 594 g/mol. The Labute approximate surface area is 256 Å². The minimum atomic E-state index is -3.75. The molecule has 3 N–H and O–H groups in total. The van der Waals surface area contributed by atoms with E-state index in [1.54, 1.807) is 16.5 Å². The van der Waals surface area contributed by atoms with Crippen LogP contribution in [0.15, 0.2) is 35.1 Å². The molecule has 3 aliphatic rings. The molecule has 2 aromatic heterocycles. The molecular formula is C28H41N7O6S2. The summed E-state index contributed by atoms with van der Waals surface area (Å²) < 4.78 is 29.4. The van der Waals surface area contributed by atoms with Crippen LogP contribution in [0.3, 0.4) is 0 Å². The molecule has 15 heteroatoms. The van der Waals surface area contributed by atoms with Gasteiger partial charge in [0.25, 0.3) is 10.0 Å². The monoisotopic (exact) mass is 635 g/mol. The summed E-state index contributed by atoms with van der Waals surface area (Å²) >= 11 is 1.51. The molecule has 236 valence electrons. The summed E-state index contributed by atoms with van der Waals surface area (Å²) in [6.45, 7) is 0.947. The lowest BCUT2D eigenvalue weighted by Crippen LogP contribution is -2.65. The van der Waals surface area contributed by atoms with E-state index in [9.17, 15) is 27.9 Å². The molecule has 0 bridgehead atoms. The SMILES string of the molecule is Cn1cnc(S(=O)(=O)N2CCC(C(NC3CCCCC3)C(=O)N3CCN(C(=O)O)C[C@H]3C(=O)NCc3cccs3)CC2)c1. The number of rotatable bonds is 9. The Morgan fingerprint density at radius 2 is 1.84 bits per heavy atom. The summed E-state index contributed by atoms with van der Waals surface area (Å²) in [5, 5.41) is 18.1. The maximum absolute atomic E-state index is 14.4. The zero-order valence-corrected chi connectivity index (χ0v) is 26.1. The molecule has 1 saturated carbocycles. The highest BCUT2D eigenvalue weighted by atomic mass is 32.2. The highest BCUT2D eigenvalue weighted by molar-refractivity contribution is 7.89. The first-order chi connectivity index (χ1) is 20.6. The Hall–Kier alpha value is -3.01. The topological polar surface area (TPSA) is 157 Å². The van der Waals surface area contributed by atoms with E-state index in [0.717, 1.165) is 37.0 Å². The number of piperazine rings is 1. The van der Waals surface area contributed by atoms with Crippen molar-refractivity contribution >= 4 is 39.3 Å². The van der Waals surface area contributed by atoms with Crippen LogP contribution >= 0.6 is 11.3 Å². The standard InChI is InChI=1S/C28H41N7O6S2/c1-32-18-24(30-19-32)43(40,41)34-11-9-20(10-12-34)25(31-21-6-3-2-4-7-21)27(37)35-14-13-33(28(38)39)17-23(35)26(36)29-16-22-8-5-15-42-22/h5,8,15,18-21,23,25,31H,2-4,6-7,9-14,16-17H2,1H3,(H,29,36)(H,38,39)/t23-,25?/m0/s1.